The summed E-state index contributed by atoms with van der Waals surface area (Å²) in [6.45, 7) is 5.59. The zero-order valence-electron chi connectivity index (χ0n) is 11.0. The van der Waals surface area contributed by atoms with Crippen LogP contribution in [0.3, 0.4) is 0 Å². The van der Waals surface area contributed by atoms with Crippen molar-refractivity contribution in [1.29, 1.82) is 0 Å². The fraction of sp³-hybridized carbons (Fsp3) is 0.667. The quantitative estimate of drug-likeness (QED) is 0.770. The van der Waals surface area contributed by atoms with Gasteiger partial charge >= 0.3 is 0 Å². The monoisotopic (exact) mass is 269 g/mol. The van der Waals surface area contributed by atoms with Crippen LogP contribution in [0, 0.1) is 0 Å². The third kappa shape index (κ3) is 2.71. The molecular weight excluding hydrogens is 250 g/mol. The number of carbonyl (C=O) groups excluding carboxylic acids is 1. The van der Waals surface area contributed by atoms with Gasteiger partial charge in [-0.05, 0) is 14.0 Å². The average Bonchev–Trinajstić information content (AvgIpc) is 2.72. The number of methoxy groups -OCH3 is 1. The van der Waals surface area contributed by atoms with E-state index in [1.54, 1.807) is 7.11 Å². The van der Waals surface area contributed by atoms with Gasteiger partial charge in [-0.2, -0.15) is 0 Å². The fourth-order valence-electron chi connectivity index (χ4n) is 2.23. The topological polar surface area (TPSA) is 45.7 Å². The van der Waals surface area contributed by atoms with Crippen LogP contribution in [-0.4, -0.2) is 56.0 Å². The Morgan fingerprint density at radius 3 is 2.94 bits per heavy atom. The standard InChI is InChI=1S/C12H19N3O2S/c1-9-6-14(2)4-5-15(9)12-13-10(8-17-3)11(7-16)18-12/h7,9H,4-6,8H2,1-3H3. The van der Waals surface area contributed by atoms with Crippen molar-refractivity contribution in [2.45, 2.75) is 19.6 Å². The van der Waals surface area contributed by atoms with E-state index in [0.717, 1.165) is 36.7 Å². The van der Waals surface area contributed by atoms with Crippen LogP contribution in [0.25, 0.3) is 0 Å². The van der Waals surface area contributed by atoms with Crippen molar-refractivity contribution in [3.05, 3.63) is 10.6 Å². The van der Waals surface area contributed by atoms with Crippen molar-refractivity contribution < 1.29 is 9.53 Å². The number of piperazine rings is 1. The smallest absolute Gasteiger partial charge is 0.186 e. The number of thiazole rings is 1. The van der Waals surface area contributed by atoms with E-state index in [4.69, 9.17) is 4.74 Å². The molecule has 1 fully saturated rings. The predicted octanol–water partition coefficient (Wildman–Crippen LogP) is 1.24. The summed E-state index contributed by atoms with van der Waals surface area (Å²) in [6, 6.07) is 0.421. The summed E-state index contributed by atoms with van der Waals surface area (Å²) in [5, 5.41) is 0.935. The Bertz CT molecular complexity index is 421. The Morgan fingerprint density at radius 2 is 2.33 bits per heavy atom. The van der Waals surface area contributed by atoms with Crippen molar-refractivity contribution in [3.8, 4) is 0 Å². The first-order chi connectivity index (χ1) is 8.65. The van der Waals surface area contributed by atoms with Gasteiger partial charge in [0.2, 0.25) is 0 Å². The third-order valence-electron chi connectivity index (χ3n) is 3.18. The molecule has 1 aliphatic heterocycles. The van der Waals surface area contributed by atoms with Crippen molar-refractivity contribution in [3.63, 3.8) is 0 Å². The molecule has 0 spiro atoms. The lowest BCUT2D eigenvalue weighted by Crippen LogP contribution is -2.50. The molecule has 0 N–H and O–H groups in total. The molecule has 1 unspecified atom stereocenters. The van der Waals surface area contributed by atoms with Crippen molar-refractivity contribution in [2.75, 3.05) is 38.7 Å². The number of rotatable bonds is 4. The van der Waals surface area contributed by atoms with Gasteiger partial charge in [0, 0.05) is 32.8 Å². The Balaban J connectivity index is 2.20. The molecule has 1 aliphatic rings. The molecule has 0 aliphatic carbocycles. The Hall–Kier alpha value is -0.980. The molecule has 6 heteroatoms. The van der Waals surface area contributed by atoms with E-state index >= 15 is 0 Å². The molecule has 2 rings (SSSR count). The average molecular weight is 269 g/mol. The van der Waals surface area contributed by atoms with Crippen LogP contribution in [0.5, 0.6) is 0 Å². The molecule has 0 radical (unpaired) electrons. The lowest BCUT2D eigenvalue weighted by Gasteiger charge is -2.38. The van der Waals surface area contributed by atoms with E-state index in [1.807, 2.05) is 0 Å². The highest BCUT2D eigenvalue weighted by molar-refractivity contribution is 7.17. The number of ether oxygens (including phenoxy) is 1. The van der Waals surface area contributed by atoms with Gasteiger partial charge in [-0.25, -0.2) is 4.98 Å². The minimum atomic E-state index is 0.396. The molecule has 1 atom stereocenters. The van der Waals surface area contributed by atoms with E-state index in [9.17, 15) is 4.79 Å². The first-order valence-corrected chi connectivity index (χ1v) is 6.86. The second-order valence-electron chi connectivity index (χ2n) is 4.66. The van der Waals surface area contributed by atoms with E-state index in [0.29, 0.717) is 17.5 Å². The van der Waals surface area contributed by atoms with Crippen LogP contribution in [-0.2, 0) is 11.3 Å². The summed E-state index contributed by atoms with van der Waals surface area (Å²) >= 11 is 1.46. The van der Waals surface area contributed by atoms with Gasteiger partial charge < -0.3 is 14.5 Å². The number of carbonyl (C=O) groups is 1. The van der Waals surface area contributed by atoms with Crippen LogP contribution in [0.15, 0.2) is 0 Å². The summed E-state index contributed by atoms with van der Waals surface area (Å²) in [7, 11) is 3.75. The van der Waals surface area contributed by atoms with Gasteiger partial charge in [-0.3, -0.25) is 4.79 Å². The molecule has 1 aromatic rings. The summed E-state index contributed by atoms with van der Waals surface area (Å²) in [6.07, 6.45) is 0.871. The van der Waals surface area contributed by atoms with Crippen LogP contribution >= 0.6 is 11.3 Å². The molecule has 1 saturated heterocycles. The molecule has 100 valence electrons. The number of nitrogens with zero attached hydrogens (tertiary/aromatic N) is 3. The second kappa shape index (κ2) is 5.77. The summed E-state index contributed by atoms with van der Waals surface area (Å²) < 4.78 is 5.07. The third-order valence-corrected chi connectivity index (χ3v) is 4.24. The molecule has 5 nitrogen and oxygen atoms in total. The highest BCUT2D eigenvalue weighted by atomic mass is 32.1. The highest BCUT2D eigenvalue weighted by Crippen LogP contribution is 2.28. The van der Waals surface area contributed by atoms with Crippen molar-refractivity contribution in [2.24, 2.45) is 0 Å². The maximum Gasteiger partial charge on any atom is 0.186 e. The lowest BCUT2D eigenvalue weighted by atomic mass is 10.2. The molecule has 0 aromatic carbocycles. The van der Waals surface area contributed by atoms with E-state index in [1.165, 1.54) is 11.3 Å². The normalized spacial score (nSPS) is 21.3. The first-order valence-electron chi connectivity index (χ1n) is 6.04. The maximum absolute atomic E-state index is 11.0. The predicted molar refractivity (Wildman–Crippen MR) is 72.5 cm³/mol. The van der Waals surface area contributed by atoms with Gasteiger partial charge in [-0.1, -0.05) is 11.3 Å². The van der Waals surface area contributed by atoms with E-state index < -0.39 is 0 Å². The summed E-state index contributed by atoms with van der Waals surface area (Å²) in [4.78, 5) is 20.8. The fourth-order valence-corrected chi connectivity index (χ4v) is 3.24. The SMILES string of the molecule is COCc1nc(N2CCN(C)CC2C)sc1C=O. The molecule has 0 amide bonds. The van der Waals surface area contributed by atoms with Crippen LogP contribution in [0.1, 0.15) is 22.3 Å². The van der Waals surface area contributed by atoms with Crippen molar-refractivity contribution >= 4 is 22.8 Å². The number of likely N-dealkylation sites (N-methyl/N-ethyl adjacent to an activating group) is 1. The number of aldehydes is 1. The van der Waals surface area contributed by atoms with Gasteiger partial charge in [0.05, 0.1) is 17.2 Å². The molecular formula is C12H19N3O2S. The Labute approximate surface area is 111 Å². The molecule has 1 aromatic heterocycles. The zero-order valence-corrected chi connectivity index (χ0v) is 11.9. The van der Waals surface area contributed by atoms with E-state index in [2.05, 4.69) is 28.8 Å². The van der Waals surface area contributed by atoms with Gasteiger partial charge in [-0.15, -0.1) is 0 Å². The largest absolute Gasteiger partial charge is 0.378 e. The summed E-state index contributed by atoms with van der Waals surface area (Å²) in [5.74, 6) is 0. The number of hydrogen-bond acceptors (Lipinski definition) is 6. The first kappa shape index (κ1) is 13.5. The molecule has 2 heterocycles. The van der Waals surface area contributed by atoms with Crippen molar-refractivity contribution in [1.82, 2.24) is 9.88 Å². The zero-order chi connectivity index (χ0) is 13.1. The minimum Gasteiger partial charge on any atom is -0.378 e. The van der Waals surface area contributed by atoms with Crippen LogP contribution in [0.2, 0.25) is 0 Å². The Morgan fingerprint density at radius 1 is 1.56 bits per heavy atom. The Kier molecular flexibility index (Phi) is 4.31. The highest BCUT2D eigenvalue weighted by Gasteiger charge is 2.25. The molecule has 0 saturated carbocycles. The maximum atomic E-state index is 11.0. The van der Waals surface area contributed by atoms with Crippen LogP contribution in [0.4, 0.5) is 5.13 Å². The van der Waals surface area contributed by atoms with Gasteiger partial charge in [0.25, 0.3) is 0 Å². The number of hydrogen-bond donors (Lipinski definition) is 0. The van der Waals surface area contributed by atoms with Gasteiger partial charge in [0.1, 0.15) is 0 Å². The lowest BCUT2D eigenvalue weighted by molar-refractivity contribution is 0.112. The summed E-state index contributed by atoms with van der Waals surface area (Å²) in [5.41, 5.74) is 0.749. The molecule has 18 heavy (non-hydrogen) atoms. The van der Waals surface area contributed by atoms with E-state index in [-0.39, 0.29) is 0 Å². The van der Waals surface area contributed by atoms with Crippen LogP contribution < -0.4 is 4.90 Å². The number of anilines is 1. The second-order valence-corrected chi connectivity index (χ2v) is 5.67. The van der Waals surface area contributed by atoms with Gasteiger partial charge in [0.15, 0.2) is 11.4 Å². The number of aromatic nitrogens is 1. The molecule has 0 bridgehead atoms. The minimum absolute atomic E-state index is 0.396.